The van der Waals surface area contributed by atoms with Crippen LogP contribution in [0.1, 0.15) is 47.5 Å². The summed E-state index contributed by atoms with van der Waals surface area (Å²) in [6, 6.07) is 0. The number of guanidine groups is 1. The van der Waals surface area contributed by atoms with Gasteiger partial charge in [-0.15, -0.1) is 0 Å². The van der Waals surface area contributed by atoms with E-state index < -0.39 is 0 Å². The van der Waals surface area contributed by atoms with Gasteiger partial charge in [-0.1, -0.05) is 6.92 Å². The standard InChI is InChI=1S/C20H41N5O/c1-17-8-7-9-25(14-17)20(4,5)16-23-18(21-6)22-15-19(2,3)24-10-12-26-13-11-24/h17H,7-16H2,1-6H3,(H2,21,22,23). The normalized spacial score (nSPS) is 24.5. The largest absolute Gasteiger partial charge is 0.379 e. The fourth-order valence-corrected chi connectivity index (χ4v) is 3.95. The van der Waals surface area contributed by atoms with Crippen molar-refractivity contribution in [3.63, 3.8) is 0 Å². The van der Waals surface area contributed by atoms with Gasteiger partial charge in [-0.05, 0) is 53.0 Å². The van der Waals surface area contributed by atoms with E-state index in [0.29, 0.717) is 0 Å². The van der Waals surface area contributed by atoms with E-state index in [2.05, 4.69) is 60.0 Å². The van der Waals surface area contributed by atoms with E-state index in [0.717, 1.165) is 51.3 Å². The van der Waals surface area contributed by atoms with E-state index in [-0.39, 0.29) is 11.1 Å². The third-order valence-electron chi connectivity index (χ3n) is 5.98. The summed E-state index contributed by atoms with van der Waals surface area (Å²) in [5, 5.41) is 7.08. The van der Waals surface area contributed by atoms with Crippen LogP contribution in [-0.2, 0) is 4.74 Å². The first-order chi connectivity index (χ1) is 12.2. The minimum Gasteiger partial charge on any atom is -0.379 e. The number of hydrogen-bond donors (Lipinski definition) is 2. The van der Waals surface area contributed by atoms with Gasteiger partial charge >= 0.3 is 0 Å². The van der Waals surface area contributed by atoms with Crippen LogP contribution in [0.15, 0.2) is 4.99 Å². The lowest BCUT2D eigenvalue weighted by atomic mass is 9.93. The van der Waals surface area contributed by atoms with Gasteiger partial charge in [0.1, 0.15) is 0 Å². The van der Waals surface area contributed by atoms with Crippen molar-refractivity contribution < 1.29 is 4.74 Å². The smallest absolute Gasteiger partial charge is 0.191 e. The van der Waals surface area contributed by atoms with Crippen molar-refractivity contribution in [2.45, 2.75) is 58.5 Å². The van der Waals surface area contributed by atoms with Crippen LogP contribution in [0.3, 0.4) is 0 Å². The molecule has 2 saturated heterocycles. The first-order valence-electron chi connectivity index (χ1n) is 10.3. The highest BCUT2D eigenvalue weighted by atomic mass is 16.5. The molecule has 152 valence electrons. The third kappa shape index (κ3) is 6.10. The minimum atomic E-state index is 0.0826. The third-order valence-corrected chi connectivity index (χ3v) is 5.98. The quantitative estimate of drug-likeness (QED) is 0.554. The average molecular weight is 368 g/mol. The van der Waals surface area contributed by atoms with Crippen molar-refractivity contribution in [3.05, 3.63) is 0 Å². The maximum Gasteiger partial charge on any atom is 0.191 e. The van der Waals surface area contributed by atoms with E-state index in [9.17, 15) is 0 Å². The first-order valence-corrected chi connectivity index (χ1v) is 10.3. The van der Waals surface area contributed by atoms with Gasteiger partial charge in [-0.3, -0.25) is 14.8 Å². The second-order valence-corrected chi connectivity index (χ2v) is 9.20. The second kappa shape index (κ2) is 9.38. The number of hydrogen-bond acceptors (Lipinski definition) is 4. The molecule has 2 N–H and O–H groups in total. The van der Waals surface area contributed by atoms with Crippen LogP contribution < -0.4 is 10.6 Å². The van der Waals surface area contributed by atoms with Crippen LogP contribution in [0.25, 0.3) is 0 Å². The Kier molecular flexibility index (Phi) is 7.74. The van der Waals surface area contributed by atoms with E-state index in [4.69, 9.17) is 4.74 Å². The van der Waals surface area contributed by atoms with Gasteiger partial charge in [0.2, 0.25) is 0 Å². The van der Waals surface area contributed by atoms with Gasteiger partial charge in [-0.2, -0.15) is 0 Å². The lowest BCUT2D eigenvalue weighted by Crippen LogP contribution is -2.58. The number of rotatable bonds is 6. The molecule has 2 aliphatic rings. The van der Waals surface area contributed by atoms with E-state index >= 15 is 0 Å². The molecule has 1 atom stereocenters. The summed E-state index contributed by atoms with van der Waals surface area (Å²) >= 11 is 0. The zero-order valence-electron chi connectivity index (χ0n) is 17.9. The molecule has 2 aliphatic heterocycles. The number of aliphatic imine (C=N–C) groups is 1. The van der Waals surface area contributed by atoms with Crippen molar-refractivity contribution in [2.75, 3.05) is 59.5 Å². The Bertz CT molecular complexity index is 457. The average Bonchev–Trinajstić information content (AvgIpc) is 2.62. The molecule has 0 saturated carbocycles. The Labute approximate surface area is 160 Å². The molecule has 6 nitrogen and oxygen atoms in total. The molecule has 26 heavy (non-hydrogen) atoms. The Morgan fingerprint density at radius 2 is 1.58 bits per heavy atom. The molecule has 0 aliphatic carbocycles. The maximum atomic E-state index is 5.48. The number of likely N-dealkylation sites (tertiary alicyclic amines) is 1. The summed E-state index contributed by atoms with van der Waals surface area (Å²) in [5.41, 5.74) is 0.214. The topological polar surface area (TPSA) is 52.1 Å². The number of ether oxygens (including phenoxy) is 1. The van der Waals surface area contributed by atoms with Crippen molar-refractivity contribution in [1.29, 1.82) is 0 Å². The van der Waals surface area contributed by atoms with E-state index in [1.54, 1.807) is 0 Å². The Morgan fingerprint density at radius 3 is 2.12 bits per heavy atom. The molecule has 0 radical (unpaired) electrons. The zero-order chi connectivity index (χ0) is 19.2. The van der Waals surface area contributed by atoms with Gasteiger partial charge in [0, 0.05) is 50.8 Å². The highest BCUT2D eigenvalue weighted by Crippen LogP contribution is 2.23. The molecule has 1 unspecified atom stereocenters. The monoisotopic (exact) mass is 367 g/mol. The van der Waals surface area contributed by atoms with Crippen LogP contribution in [0.2, 0.25) is 0 Å². The Balaban J connectivity index is 1.81. The fraction of sp³-hybridized carbons (Fsp3) is 0.950. The summed E-state index contributed by atoms with van der Waals surface area (Å²) < 4.78 is 5.48. The summed E-state index contributed by atoms with van der Waals surface area (Å²) in [7, 11) is 1.85. The summed E-state index contributed by atoms with van der Waals surface area (Å²) in [6.45, 7) is 19.5. The molecule has 0 amide bonds. The van der Waals surface area contributed by atoms with E-state index in [1.165, 1.54) is 25.9 Å². The number of piperidine rings is 1. The SMILES string of the molecule is CN=C(NCC(C)(C)N1CCOCC1)NCC(C)(C)N1CCCC(C)C1. The number of nitrogens with one attached hydrogen (secondary N) is 2. The predicted octanol–water partition coefficient (Wildman–Crippen LogP) is 1.77. The summed E-state index contributed by atoms with van der Waals surface area (Å²) in [5.74, 6) is 1.69. The van der Waals surface area contributed by atoms with Gasteiger partial charge in [0.15, 0.2) is 5.96 Å². The van der Waals surface area contributed by atoms with Crippen molar-refractivity contribution in [3.8, 4) is 0 Å². The molecule has 0 aromatic rings. The van der Waals surface area contributed by atoms with Gasteiger partial charge < -0.3 is 15.4 Å². The Hall–Kier alpha value is -0.850. The zero-order valence-corrected chi connectivity index (χ0v) is 17.9. The molecular weight excluding hydrogens is 326 g/mol. The molecule has 2 fully saturated rings. The van der Waals surface area contributed by atoms with Crippen LogP contribution in [0.5, 0.6) is 0 Å². The highest BCUT2D eigenvalue weighted by molar-refractivity contribution is 5.79. The first kappa shape index (κ1) is 21.5. The molecule has 2 heterocycles. The van der Waals surface area contributed by atoms with Crippen LogP contribution in [0.4, 0.5) is 0 Å². The lowest BCUT2D eigenvalue weighted by molar-refractivity contribution is -0.00836. The van der Waals surface area contributed by atoms with Crippen molar-refractivity contribution >= 4 is 5.96 Å². The summed E-state index contributed by atoms with van der Waals surface area (Å²) in [6.07, 6.45) is 2.67. The fourth-order valence-electron chi connectivity index (χ4n) is 3.95. The maximum absolute atomic E-state index is 5.48. The molecule has 0 aromatic carbocycles. The molecule has 6 heteroatoms. The van der Waals surface area contributed by atoms with E-state index in [1.807, 2.05) is 7.05 Å². The minimum absolute atomic E-state index is 0.0826. The van der Waals surface area contributed by atoms with Crippen molar-refractivity contribution in [2.24, 2.45) is 10.9 Å². The van der Waals surface area contributed by atoms with Gasteiger partial charge in [-0.25, -0.2) is 0 Å². The molecule has 0 bridgehead atoms. The van der Waals surface area contributed by atoms with Crippen LogP contribution in [0, 0.1) is 5.92 Å². The number of nitrogens with zero attached hydrogens (tertiary/aromatic N) is 3. The van der Waals surface area contributed by atoms with Gasteiger partial charge in [0.05, 0.1) is 13.2 Å². The molecule has 0 aromatic heterocycles. The molecular formula is C20H41N5O. The van der Waals surface area contributed by atoms with Crippen LogP contribution >= 0.6 is 0 Å². The van der Waals surface area contributed by atoms with Gasteiger partial charge in [0.25, 0.3) is 0 Å². The summed E-state index contributed by atoms with van der Waals surface area (Å²) in [4.78, 5) is 9.55. The molecule has 0 spiro atoms. The highest BCUT2D eigenvalue weighted by Gasteiger charge is 2.31. The van der Waals surface area contributed by atoms with Crippen LogP contribution in [-0.4, -0.2) is 86.4 Å². The van der Waals surface area contributed by atoms with Crippen molar-refractivity contribution in [1.82, 2.24) is 20.4 Å². The molecule has 2 rings (SSSR count). The predicted molar refractivity (Wildman–Crippen MR) is 110 cm³/mol. The number of morpholine rings is 1. The lowest BCUT2D eigenvalue weighted by Gasteiger charge is -2.43. The second-order valence-electron chi connectivity index (χ2n) is 9.20. The Morgan fingerprint density at radius 1 is 1.00 bits per heavy atom.